The summed E-state index contributed by atoms with van der Waals surface area (Å²) in [6.07, 6.45) is 2.46. The van der Waals surface area contributed by atoms with Gasteiger partial charge in [0.05, 0.1) is 29.4 Å². The fourth-order valence-electron chi connectivity index (χ4n) is 4.59. The van der Waals surface area contributed by atoms with Crippen molar-refractivity contribution in [2.75, 3.05) is 44.4 Å². The molecular formula is C25H33N3O6S. The first-order chi connectivity index (χ1) is 16.9. The fraction of sp³-hybridized carbons (Fsp3) is 0.560. The van der Waals surface area contributed by atoms with E-state index in [1.54, 1.807) is 44.7 Å². The van der Waals surface area contributed by atoms with E-state index in [-0.39, 0.29) is 24.5 Å². The van der Waals surface area contributed by atoms with Gasteiger partial charge in [0.1, 0.15) is 5.92 Å². The Morgan fingerprint density at radius 1 is 1.20 bits per heavy atom. The zero-order valence-corrected chi connectivity index (χ0v) is 21.3. The lowest BCUT2D eigenvalue weighted by Gasteiger charge is -2.32. The first kappa shape index (κ1) is 26.9. The molecular weight excluding hydrogens is 470 g/mol. The van der Waals surface area contributed by atoms with Crippen molar-refractivity contribution >= 4 is 35.1 Å². The van der Waals surface area contributed by atoms with E-state index in [9.17, 15) is 19.7 Å². The number of esters is 2. The minimum absolute atomic E-state index is 0.116. The lowest BCUT2D eigenvalue weighted by atomic mass is 9.75. The topological polar surface area (TPSA) is 111 Å². The zero-order valence-electron chi connectivity index (χ0n) is 20.5. The van der Waals surface area contributed by atoms with Gasteiger partial charge in [-0.3, -0.25) is 19.9 Å². The van der Waals surface area contributed by atoms with Crippen LogP contribution in [0.1, 0.15) is 45.1 Å². The van der Waals surface area contributed by atoms with Crippen molar-refractivity contribution in [3.63, 3.8) is 0 Å². The van der Waals surface area contributed by atoms with Gasteiger partial charge in [-0.2, -0.15) is 11.8 Å². The second-order valence-corrected chi connectivity index (χ2v) is 9.60. The maximum atomic E-state index is 13.2. The van der Waals surface area contributed by atoms with Gasteiger partial charge in [-0.25, -0.2) is 4.79 Å². The van der Waals surface area contributed by atoms with Crippen LogP contribution in [0, 0.1) is 16.0 Å². The molecule has 1 saturated heterocycles. The highest BCUT2D eigenvalue weighted by Crippen LogP contribution is 2.41. The number of carbonyl (C=O) groups is 2. The predicted molar refractivity (Wildman–Crippen MR) is 136 cm³/mol. The molecule has 2 heterocycles. The summed E-state index contributed by atoms with van der Waals surface area (Å²) >= 11 is 1.67. The number of likely N-dealkylation sites (tertiary alicyclic amines) is 1. The summed E-state index contributed by atoms with van der Waals surface area (Å²) in [4.78, 5) is 44.3. The number of ether oxygens (including phenoxy) is 2. The third kappa shape index (κ3) is 6.70. The van der Waals surface area contributed by atoms with Gasteiger partial charge in [-0.15, -0.1) is 0 Å². The Bertz CT molecular complexity index is 1000. The summed E-state index contributed by atoms with van der Waals surface area (Å²) in [6, 6.07) is 6.05. The Morgan fingerprint density at radius 3 is 2.57 bits per heavy atom. The molecule has 10 heteroatoms. The quantitative estimate of drug-likeness (QED) is 0.193. The average Bonchev–Trinajstić information content (AvgIpc) is 3.35. The maximum Gasteiger partial charge on any atom is 0.336 e. The minimum atomic E-state index is -0.880. The number of carbonyl (C=O) groups excluding carboxylic acids is 2. The summed E-state index contributed by atoms with van der Waals surface area (Å²) in [5.74, 6) is -1.40. The van der Waals surface area contributed by atoms with Crippen LogP contribution >= 0.6 is 11.8 Å². The SMILES string of the molecule is CCOC(=O)C1=C(CSCCN2CCCC2)N=C(C)C(C(=O)OCC)C1c1cccc([N+](=O)[O-])c1. The van der Waals surface area contributed by atoms with Crippen molar-refractivity contribution < 1.29 is 24.0 Å². The number of non-ortho nitro benzene ring substituents is 1. The molecule has 0 N–H and O–H groups in total. The summed E-state index contributed by atoms with van der Waals surface area (Å²) in [5.41, 5.74) is 1.70. The molecule has 0 bridgehead atoms. The molecule has 35 heavy (non-hydrogen) atoms. The zero-order chi connectivity index (χ0) is 25.4. The van der Waals surface area contributed by atoms with Gasteiger partial charge < -0.3 is 14.4 Å². The van der Waals surface area contributed by atoms with E-state index in [1.165, 1.54) is 25.0 Å². The molecule has 0 radical (unpaired) electrons. The molecule has 0 spiro atoms. The number of hydrogen-bond donors (Lipinski definition) is 0. The highest BCUT2D eigenvalue weighted by Gasteiger charge is 2.43. The highest BCUT2D eigenvalue weighted by atomic mass is 32.2. The van der Waals surface area contributed by atoms with Gasteiger partial charge in [-0.1, -0.05) is 12.1 Å². The number of nitro groups is 1. The van der Waals surface area contributed by atoms with Crippen molar-refractivity contribution in [2.45, 2.75) is 39.5 Å². The van der Waals surface area contributed by atoms with Crippen LogP contribution in [0.3, 0.4) is 0 Å². The van der Waals surface area contributed by atoms with Crippen molar-refractivity contribution in [1.29, 1.82) is 0 Å². The molecule has 0 saturated carbocycles. The van der Waals surface area contributed by atoms with Gasteiger partial charge in [-0.05, 0) is 52.3 Å². The minimum Gasteiger partial charge on any atom is -0.465 e. The van der Waals surface area contributed by atoms with Crippen LogP contribution in [0.5, 0.6) is 0 Å². The van der Waals surface area contributed by atoms with Gasteiger partial charge in [0.25, 0.3) is 5.69 Å². The standard InChI is InChI=1S/C25H33N3O6S/c1-4-33-24(29)21-17(3)26-20(16-35-14-13-27-11-6-7-12-27)23(25(30)34-5-2)22(21)18-9-8-10-19(15-18)28(31)32/h8-10,15,21-22H,4-7,11-14,16H2,1-3H3. The molecule has 1 aromatic carbocycles. The molecule has 2 aliphatic rings. The van der Waals surface area contributed by atoms with Crippen molar-refractivity contribution in [3.05, 3.63) is 51.2 Å². The molecule has 2 atom stereocenters. The number of nitro benzene ring substituents is 1. The van der Waals surface area contributed by atoms with Crippen LogP contribution in [-0.4, -0.2) is 71.8 Å². The van der Waals surface area contributed by atoms with Gasteiger partial charge in [0.15, 0.2) is 0 Å². The first-order valence-electron chi connectivity index (χ1n) is 12.0. The molecule has 9 nitrogen and oxygen atoms in total. The molecule has 1 aromatic rings. The third-order valence-electron chi connectivity index (χ3n) is 6.18. The Morgan fingerprint density at radius 2 is 1.91 bits per heavy atom. The largest absolute Gasteiger partial charge is 0.465 e. The van der Waals surface area contributed by atoms with Gasteiger partial charge in [0.2, 0.25) is 0 Å². The number of rotatable bonds is 11. The average molecular weight is 504 g/mol. The van der Waals surface area contributed by atoms with Crippen LogP contribution in [0.15, 0.2) is 40.5 Å². The number of aliphatic imine (C=N–C) groups is 1. The number of nitrogens with zero attached hydrogens (tertiary/aromatic N) is 3. The fourth-order valence-corrected chi connectivity index (χ4v) is 5.54. The molecule has 0 aromatic heterocycles. The summed E-state index contributed by atoms with van der Waals surface area (Å²) in [6.45, 7) is 8.69. The third-order valence-corrected chi connectivity index (χ3v) is 7.13. The normalized spacial score (nSPS) is 20.5. The van der Waals surface area contributed by atoms with E-state index in [0.717, 1.165) is 25.4 Å². The van der Waals surface area contributed by atoms with E-state index in [4.69, 9.17) is 9.47 Å². The Labute approximate surface area is 210 Å². The van der Waals surface area contributed by atoms with Crippen molar-refractivity contribution in [2.24, 2.45) is 10.9 Å². The van der Waals surface area contributed by atoms with Crippen LogP contribution in [-0.2, 0) is 19.1 Å². The van der Waals surface area contributed by atoms with E-state index in [0.29, 0.717) is 22.7 Å². The van der Waals surface area contributed by atoms with E-state index >= 15 is 0 Å². The van der Waals surface area contributed by atoms with E-state index < -0.39 is 28.7 Å². The van der Waals surface area contributed by atoms with Crippen molar-refractivity contribution in [3.8, 4) is 0 Å². The molecule has 2 unspecified atom stereocenters. The highest BCUT2D eigenvalue weighted by molar-refractivity contribution is 7.99. The van der Waals surface area contributed by atoms with Crippen LogP contribution in [0.25, 0.3) is 0 Å². The van der Waals surface area contributed by atoms with Gasteiger partial charge in [0, 0.05) is 41.8 Å². The van der Waals surface area contributed by atoms with E-state index in [2.05, 4.69) is 9.89 Å². The lowest BCUT2D eigenvalue weighted by molar-refractivity contribution is -0.384. The smallest absolute Gasteiger partial charge is 0.336 e. The first-order valence-corrected chi connectivity index (χ1v) is 13.2. The van der Waals surface area contributed by atoms with Crippen LogP contribution in [0.2, 0.25) is 0 Å². The number of hydrogen-bond acceptors (Lipinski definition) is 9. The summed E-state index contributed by atoms with van der Waals surface area (Å²) in [5, 5.41) is 11.5. The molecule has 3 rings (SSSR count). The second kappa shape index (κ2) is 12.8. The second-order valence-electron chi connectivity index (χ2n) is 8.49. The van der Waals surface area contributed by atoms with Gasteiger partial charge >= 0.3 is 11.9 Å². The predicted octanol–water partition coefficient (Wildman–Crippen LogP) is 3.98. The molecule has 190 valence electrons. The van der Waals surface area contributed by atoms with E-state index in [1.807, 2.05) is 0 Å². The van der Waals surface area contributed by atoms with Crippen LogP contribution in [0.4, 0.5) is 5.69 Å². The Balaban J connectivity index is 2.01. The Hall–Kier alpha value is -2.72. The Kier molecular flexibility index (Phi) is 9.85. The monoisotopic (exact) mass is 503 g/mol. The lowest BCUT2D eigenvalue weighted by Crippen LogP contribution is -2.37. The molecule has 1 fully saturated rings. The summed E-state index contributed by atoms with van der Waals surface area (Å²) in [7, 11) is 0. The molecule has 2 aliphatic heterocycles. The number of benzene rings is 1. The van der Waals surface area contributed by atoms with Crippen molar-refractivity contribution in [1.82, 2.24) is 4.90 Å². The molecule has 0 aliphatic carbocycles. The van der Waals surface area contributed by atoms with Crippen LogP contribution < -0.4 is 0 Å². The summed E-state index contributed by atoms with van der Waals surface area (Å²) < 4.78 is 10.7. The molecule has 0 amide bonds. The number of thioether (sulfide) groups is 1. The maximum absolute atomic E-state index is 13.2.